The van der Waals surface area contributed by atoms with Gasteiger partial charge in [-0.15, -0.1) is 0 Å². The van der Waals surface area contributed by atoms with Crippen LogP contribution in [-0.4, -0.2) is 39.8 Å². The summed E-state index contributed by atoms with van der Waals surface area (Å²) in [6, 6.07) is 8.15. The average molecular weight is 370 g/mol. The summed E-state index contributed by atoms with van der Waals surface area (Å²) in [4.78, 5) is 18.2. The number of nitrogens with one attached hydrogen (secondary N) is 2. The largest absolute Gasteiger partial charge is 0.347 e. The Hall–Kier alpha value is -2.78. The number of imidazole rings is 1. The molecule has 3 aromatic rings. The summed E-state index contributed by atoms with van der Waals surface area (Å²) < 4.78 is 27.0. The molecular weight excluding hydrogens is 352 g/mol. The van der Waals surface area contributed by atoms with E-state index in [1.165, 1.54) is 12.1 Å². The number of sulfonamides is 1. The van der Waals surface area contributed by atoms with Gasteiger partial charge in [0, 0.05) is 44.0 Å². The molecule has 3 heterocycles. The highest BCUT2D eigenvalue weighted by molar-refractivity contribution is 7.92. The van der Waals surface area contributed by atoms with Crippen LogP contribution in [0.1, 0.15) is 17.0 Å². The minimum absolute atomic E-state index is 0.0621. The molecule has 134 valence electrons. The van der Waals surface area contributed by atoms with Crippen LogP contribution in [-0.2, 0) is 29.5 Å². The summed E-state index contributed by atoms with van der Waals surface area (Å²) in [5.41, 5.74) is 3.20. The van der Waals surface area contributed by atoms with E-state index in [9.17, 15) is 8.42 Å². The molecule has 2 N–H and O–H groups in total. The van der Waals surface area contributed by atoms with Crippen molar-refractivity contribution in [3.8, 4) is 0 Å². The Morgan fingerprint density at radius 1 is 1.12 bits per heavy atom. The topological polar surface area (TPSA) is 104 Å². The Balaban J connectivity index is 1.41. The van der Waals surface area contributed by atoms with Gasteiger partial charge < -0.3 is 4.98 Å². The number of fused-ring (bicyclic) bond motifs is 1. The van der Waals surface area contributed by atoms with Crippen LogP contribution in [0, 0.1) is 0 Å². The van der Waals surface area contributed by atoms with Crippen LogP contribution in [0.25, 0.3) is 0 Å². The Morgan fingerprint density at radius 3 is 2.65 bits per heavy atom. The lowest BCUT2D eigenvalue weighted by Crippen LogP contribution is -2.30. The third-order valence-corrected chi connectivity index (χ3v) is 5.59. The lowest BCUT2D eigenvalue weighted by molar-refractivity contribution is 0.241. The van der Waals surface area contributed by atoms with Crippen molar-refractivity contribution < 1.29 is 8.42 Å². The van der Waals surface area contributed by atoms with Crippen LogP contribution in [0.3, 0.4) is 0 Å². The van der Waals surface area contributed by atoms with E-state index in [0.717, 1.165) is 36.5 Å². The van der Waals surface area contributed by atoms with E-state index >= 15 is 0 Å². The zero-order chi connectivity index (χ0) is 18.0. The Labute approximate surface area is 151 Å². The van der Waals surface area contributed by atoms with E-state index in [1.54, 1.807) is 36.9 Å². The van der Waals surface area contributed by atoms with Gasteiger partial charge in [-0.2, -0.15) is 0 Å². The first kappa shape index (κ1) is 16.7. The van der Waals surface area contributed by atoms with Gasteiger partial charge in [-0.25, -0.2) is 28.1 Å². The van der Waals surface area contributed by atoms with Gasteiger partial charge in [0.2, 0.25) is 5.95 Å². The van der Waals surface area contributed by atoms with Gasteiger partial charge in [0.15, 0.2) is 0 Å². The first-order chi connectivity index (χ1) is 12.6. The van der Waals surface area contributed by atoms with Gasteiger partial charge in [0.25, 0.3) is 10.0 Å². The normalized spacial score (nSPS) is 14.8. The van der Waals surface area contributed by atoms with Crippen LogP contribution in [0.5, 0.6) is 0 Å². The first-order valence-electron chi connectivity index (χ1n) is 8.22. The Kier molecular flexibility index (Phi) is 4.39. The van der Waals surface area contributed by atoms with Crippen molar-refractivity contribution in [2.45, 2.75) is 24.4 Å². The summed E-state index contributed by atoms with van der Waals surface area (Å²) in [5, 5.41) is 0. The predicted molar refractivity (Wildman–Crippen MR) is 95.7 cm³/mol. The standard InChI is InChI=1S/C17H18N6O2S/c24-26(25,14-4-2-1-3-5-14)22-17-18-8-13(9-19-17)10-23-7-6-15-16(11-23)21-12-20-15/h1-5,8-9,12H,6-7,10-11H2,(H,20,21)(H,18,19,22). The number of hydrogen-bond acceptors (Lipinski definition) is 6. The van der Waals surface area contributed by atoms with Gasteiger partial charge in [-0.1, -0.05) is 18.2 Å². The van der Waals surface area contributed by atoms with Crippen molar-refractivity contribution in [3.05, 3.63) is 66.0 Å². The molecule has 0 aliphatic carbocycles. The molecule has 26 heavy (non-hydrogen) atoms. The predicted octanol–water partition coefficient (Wildman–Crippen LogP) is 1.56. The number of anilines is 1. The van der Waals surface area contributed by atoms with Crippen LogP contribution in [0.4, 0.5) is 5.95 Å². The maximum absolute atomic E-state index is 12.3. The third kappa shape index (κ3) is 3.58. The monoisotopic (exact) mass is 370 g/mol. The lowest BCUT2D eigenvalue weighted by atomic mass is 10.1. The van der Waals surface area contributed by atoms with Crippen molar-refractivity contribution in [1.82, 2.24) is 24.8 Å². The smallest absolute Gasteiger partial charge is 0.264 e. The molecule has 0 amide bonds. The number of aromatic nitrogens is 4. The SMILES string of the molecule is O=S(=O)(Nc1ncc(CN2CCc3nc[nH]c3C2)cn1)c1ccccc1. The molecular formula is C17H18N6O2S. The van der Waals surface area contributed by atoms with E-state index in [-0.39, 0.29) is 10.8 Å². The fourth-order valence-corrected chi connectivity index (χ4v) is 3.91. The van der Waals surface area contributed by atoms with Crippen LogP contribution >= 0.6 is 0 Å². The van der Waals surface area contributed by atoms with Crippen molar-refractivity contribution >= 4 is 16.0 Å². The molecule has 0 saturated heterocycles. The molecule has 1 aliphatic rings. The summed E-state index contributed by atoms with van der Waals surface area (Å²) in [6.07, 6.45) is 5.94. The molecule has 1 aliphatic heterocycles. The average Bonchev–Trinajstić information content (AvgIpc) is 3.12. The number of nitrogens with zero attached hydrogens (tertiary/aromatic N) is 4. The molecule has 0 atom stereocenters. The van der Waals surface area contributed by atoms with E-state index < -0.39 is 10.0 Å². The molecule has 0 radical (unpaired) electrons. The summed E-state index contributed by atoms with van der Waals surface area (Å²) in [7, 11) is -3.68. The van der Waals surface area contributed by atoms with Gasteiger partial charge in [-0.05, 0) is 12.1 Å². The molecule has 1 aromatic carbocycles. The van der Waals surface area contributed by atoms with Crippen molar-refractivity contribution in [2.24, 2.45) is 0 Å². The number of hydrogen-bond donors (Lipinski definition) is 2. The minimum Gasteiger partial charge on any atom is -0.347 e. The van der Waals surface area contributed by atoms with Gasteiger partial charge in [-0.3, -0.25) is 4.90 Å². The van der Waals surface area contributed by atoms with Crippen LogP contribution in [0.15, 0.2) is 53.9 Å². The molecule has 0 unspecified atom stereocenters. The second-order valence-corrected chi connectivity index (χ2v) is 7.80. The van der Waals surface area contributed by atoms with Crippen molar-refractivity contribution in [3.63, 3.8) is 0 Å². The zero-order valence-corrected chi connectivity index (χ0v) is 14.8. The molecule has 0 saturated carbocycles. The highest BCUT2D eigenvalue weighted by atomic mass is 32.2. The maximum atomic E-state index is 12.3. The number of H-pyrrole nitrogens is 1. The molecule has 0 fully saturated rings. The molecule has 8 nitrogen and oxygen atoms in total. The summed E-state index contributed by atoms with van der Waals surface area (Å²) in [5.74, 6) is 0.0621. The van der Waals surface area contributed by atoms with Crippen molar-refractivity contribution in [1.29, 1.82) is 0 Å². The van der Waals surface area contributed by atoms with Gasteiger partial charge in [0.1, 0.15) is 0 Å². The van der Waals surface area contributed by atoms with E-state index in [0.29, 0.717) is 6.54 Å². The quantitative estimate of drug-likeness (QED) is 0.706. The minimum atomic E-state index is -3.68. The molecule has 4 rings (SSSR count). The van der Waals surface area contributed by atoms with Gasteiger partial charge in [0.05, 0.1) is 22.6 Å². The highest BCUT2D eigenvalue weighted by Gasteiger charge is 2.19. The zero-order valence-electron chi connectivity index (χ0n) is 14.0. The fourth-order valence-electron chi connectivity index (χ4n) is 2.93. The lowest BCUT2D eigenvalue weighted by Gasteiger charge is -2.25. The number of rotatable bonds is 5. The number of aromatic amines is 1. The summed E-state index contributed by atoms with van der Waals surface area (Å²) in [6.45, 7) is 2.42. The van der Waals surface area contributed by atoms with E-state index in [1.807, 2.05) is 0 Å². The fraction of sp³-hybridized carbons (Fsp3) is 0.235. The Morgan fingerprint density at radius 2 is 1.88 bits per heavy atom. The molecule has 0 bridgehead atoms. The first-order valence-corrected chi connectivity index (χ1v) is 9.71. The summed E-state index contributed by atoms with van der Waals surface area (Å²) >= 11 is 0. The Bertz CT molecular complexity index is 986. The van der Waals surface area contributed by atoms with Crippen LogP contribution < -0.4 is 4.72 Å². The highest BCUT2D eigenvalue weighted by Crippen LogP contribution is 2.17. The third-order valence-electron chi connectivity index (χ3n) is 4.24. The second-order valence-electron chi connectivity index (χ2n) is 6.12. The van der Waals surface area contributed by atoms with Gasteiger partial charge >= 0.3 is 0 Å². The number of benzene rings is 1. The molecule has 9 heteroatoms. The van der Waals surface area contributed by atoms with E-state index in [2.05, 4.69) is 29.6 Å². The van der Waals surface area contributed by atoms with E-state index in [4.69, 9.17) is 0 Å². The van der Waals surface area contributed by atoms with Crippen LogP contribution in [0.2, 0.25) is 0 Å². The maximum Gasteiger partial charge on any atom is 0.264 e. The second kappa shape index (κ2) is 6.85. The molecule has 0 spiro atoms. The molecule has 2 aromatic heterocycles. The van der Waals surface area contributed by atoms with Crippen molar-refractivity contribution in [2.75, 3.05) is 11.3 Å².